The van der Waals surface area contributed by atoms with E-state index >= 15 is 0 Å². The molecular weight excluding hydrogens is 429 g/mol. The average molecular weight is 443 g/mol. The van der Waals surface area contributed by atoms with Crippen LogP contribution in [0.5, 0.6) is 5.75 Å². The Morgan fingerprint density at radius 1 is 1.22 bits per heavy atom. The number of hydrogen-bond donors (Lipinski definition) is 1. The fraction of sp³-hybridized carbons (Fsp3) is 0.222. The van der Waals surface area contributed by atoms with Crippen LogP contribution in [0.3, 0.4) is 0 Å². The van der Waals surface area contributed by atoms with Gasteiger partial charge in [-0.05, 0) is 30.3 Å². The van der Waals surface area contributed by atoms with Gasteiger partial charge in [0.05, 0.1) is 11.3 Å². The Balaban J connectivity index is 1.67. The Morgan fingerprint density at radius 2 is 1.96 bits per heavy atom. The molecule has 2 aromatic rings. The van der Waals surface area contributed by atoms with Crippen molar-refractivity contribution in [3.05, 3.63) is 52.5 Å². The molecule has 2 amide bonds. The molecule has 0 aromatic heterocycles. The zero-order valence-electron chi connectivity index (χ0n) is 13.8. The predicted molar refractivity (Wildman–Crippen MR) is 96.7 cm³/mol. The molecule has 1 aliphatic rings. The molecule has 2 aromatic carbocycles. The highest BCUT2D eigenvalue weighted by Gasteiger charge is 2.33. The third-order valence-electron chi connectivity index (χ3n) is 3.93. The molecule has 0 radical (unpaired) electrons. The van der Waals surface area contributed by atoms with E-state index in [1.165, 1.54) is 17.0 Å². The molecule has 0 fully saturated rings. The molecule has 5 nitrogen and oxygen atoms in total. The summed E-state index contributed by atoms with van der Waals surface area (Å²) in [5.41, 5.74) is -0.286. The third-order valence-corrected chi connectivity index (χ3v) is 4.62. The molecule has 0 atom stereocenters. The summed E-state index contributed by atoms with van der Waals surface area (Å²) in [5.74, 6) is -0.244. The van der Waals surface area contributed by atoms with Gasteiger partial charge in [0.25, 0.3) is 5.91 Å². The molecule has 0 saturated carbocycles. The monoisotopic (exact) mass is 442 g/mol. The maximum absolute atomic E-state index is 12.9. The largest absolute Gasteiger partial charge is 0.482 e. The Labute approximate surface area is 161 Å². The number of para-hydroxylation sites is 2. The molecule has 0 unspecified atom stereocenters. The van der Waals surface area contributed by atoms with Crippen molar-refractivity contribution >= 4 is 39.1 Å². The van der Waals surface area contributed by atoms with Crippen molar-refractivity contribution in [2.75, 3.05) is 23.4 Å². The summed E-state index contributed by atoms with van der Waals surface area (Å²) >= 11 is 2.85. The van der Waals surface area contributed by atoms with Crippen LogP contribution in [-0.4, -0.2) is 25.0 Å². The summed E-state index contributed by atoms with van der Waals surface area (Å²) < 4.78 is 44.0. The van der Waals surface area contributed by atoms with Crippen molar-refractivity contribution in [3.8, 4) is 5.75 Å². The van der Waals surface area contributed by atoms with E-state index in [1.807, 2.05) is 0 Å². The maximum atomic E-state index is 12.9. The SMILES string of the molecule is O=C(CCN1C(=O)COc2ccccc21)Nc1ccc(Br)c(C(F)(F)F)c1. The number of alkyl halides is 3. The lowest BCUT2D eigenvalue weighted by Gasteiger charge is -2.29. The van der Waals surface area contributed by atoms with Gasteiger partial charge in [0.1, 0.15) is 5.75 Å². The summed E-state index contributed by atoms with van der Waals surface area (Å²) in [6.45, 7) is -0.0337. The van der Waals surface area contributed by atoms with Crippen molar-refractivity contribution in [2.45, 2.75) is 12.6 Å². The first-order chi connectivity index (χ1) is 12.8. The van der Waals surface area contributed by atoms with Gasteiger partial charge in [0.2, 0.25) is 5.91 Å². The zero-order valence-corrected chi connectivity index (χ0v) is 15.4. The third kappa shape index (κ3) is 4.41. The number of nitrogens with one attached hydrogen (secondary N) is 1. The van der Waals surface area contributed by atoms with Gasteiger partial charge in [-0.15, -0.1) is 0 Å². The minimum atomic E-state index is -4.54. The van der Waals surface area contributed by atoms with Crippen molar-refractivity contribution in [1.29, 1.82) is 0 Å². The number of carbonyl (C=O) groups excluding carboxylic acids is 2. The topological polar surface area (TPSA) is 58.6 Å². The Morgan fingerprint density at radius 3 is 2.70 bits per heavy atom. The first kappa shape index (κ1) is 19.2. The summed E-state index contributed by atoms with van der Waals surface area (Å²) in [6.07, 6.45) is -4.61. The fourth-order valence-electron chi connectivity index (χ4n) is 2.66. The number of anilines is 2. The van der Waals surface area contributed by atoms with Crippen LogP contribution in [0.2, 0.25) is 0 Å². The molecule has 27 heavy (non-hydrogen) atoms. The van der Waals surface area contributed by atoms with Crippen LogP contribution in [0.1, 0.15) is 12.0 Å². The summed E-state index contributed by atoms with van der Waals surface area (Å²) in [7, 11) is 0. The molecule has 1 N–H and O–H groups in total. The first-order valence-corrected chi connectivity index (χ1v) is 8.74. The fourth-order valence-corrected chi connectivity index (χ4v) is 3.13. The lowest BCUT2D eigenvalue weighted by molar-refractivity contribution is -0.138. The molecule has 9 heteroatoms. The predicted octanol–water partition coefficient (Wildman–Crippen LogP) is 4.22. The Hall–Kier alpha value is -2.55. The summed E-state index contributed by atoms with van der Waals surface area (Å²) in [4.78, 5) is 25.6. The van der Waals surface area contributed by atoms with Crippen LogP contribution in [0, 0.1) is 0 Å². The van der Waals surface area contributed by atoms with Gasteiger partial charge in [-0.1, -0.05) is 28.1 Å². The van der Waals surface area contributed by atoms with Crippen LogP contribution in [0.4, 0.5) is 24.5 Å². The second-order valence-corrected chi connectivity index (χ2v) is 6.65. The van der Waals surface area contributed by atoms with Crippen LogP contribution < -0.4 is 15.0 Å². The highest BCUT2D eigenvalue weighted by molar-refractivity contribution is 9.10. The number of nitrogens with zero attached hydrogens (tertiary/aromatic N) is 1. The van der Waals surface area contributed by atoms with E-state index in [1.54, 1.807) is 24.3 Å². The van der Waals surface area contributed by atoms with Crippen molar-refractivity contribution in [3.63, 3.8) is 0 Å². The zero-order chi connectivity index (χ0) is 19.6. The molecule has 0 saturated heterocycles. The van der Waals surface area contributed by atoms with Crippen LogP contribution in [0.15, 0.2) is 46.9 Å². The van der Waals surface area contributed by atoms with Gasteiger partial charge in [0.15, 0.2) is 6.61 Å². The van der Waals surface area contributed by atoms with E-state index in [0.29, 0.717) is 11.4 Å². The van der Waals surface area contributed by atoms with E-state index in [2.05, 4.69) is 21.2 Å². The molecule has 0 bridgehead atoms. The highest BCUT2D eigenvalue weighted by Crippen LogP contribution is 2.36. The van der Waals surface area contributed by atoms with Crippen LogP contribution in [-0.2, 0) is 15.8 Å². The number of carbonyl (C=O) groups is 2. The Bertz CT molecular complexity index is 886. The van der Waals surface area contributed by atoms with E-state index in [9.17, 15) is 22.8 Å². The summed E-state index contributed by atoms with van der Waals surface area (Å²) in [6, 6.07) is 10.4. The van der Waals surface area contributed by atoms with Crippen molar-refractivity contribution < 1.29 is 27.5 Å². The highest BCUT2D eigenvalue weighted by atomic mass is 79.9. The lowest BCUT2D eigenvalue weighted by atomic mass is 10.2. The number of benzene rings is 2. The molecule has 0 spiro atoms. The second kappa shape index (κ2) is 7.59. The van der Waals surface area contributed by atoms with Crippen LogP contribution >= 0.6 is 15.9 Å². The minimum Gasteiger partial charge on any atom is -0.482 e. The Kier molecular flexibility index (Phi) is 5.41. The average Bonchev–Trinajstić information content (AvgIpc) is 2.61. The molecule has 0 aliphatic carbocycles. The molecule has 1 heterocycles. The van der Waals surface area contributed by atoms with E-state index < -0.39 is 17.6 Å². The van der Waals surface area contributed by atoms with Crippen molar-refractivity contribution in [1.82, 2.24) is 0 Å². The van der Waals surface area contributed by atoms with Gasteiger partial charge in [-0.3, -0.25) is 9.59 Å². The molecule has 3 rings (SSSR count). The molecule has 142 valence electrons. The van der Waals surface area contributed by atoms with Gasteiger partial charge >= 0.3 is 6.18 Å². The lowest BCUT2D eigenvalue weighted by Crippen LogP contribution is -2.40. The quantitative estimate of drug-likeness (QED) is 0.770. The van der Waals surface area contributed by atoms with E-state index in [0.717, 1.165) is 6.07 Å². The maximum Gasteiger partial charge on any atom is 0.417 e. The van der Waals surface area contributed by atoms with E-state index in [4.69, 9.17) is 4.74 Å². The number of ether oxygens (including phenoxy) is 1. The number of rotatable bonds is 4. The molecular formula is C18H14BrF3N2O3. The van der Waals surface area contributed by atoms with Gasteiger partial charge in [-0.2, -0.15) is 13.2 Å². The van der Waals surface area contributed by atoms with E-state index in [-0.39, 0.29) is 35.6 Å². The first-order valence-electron chi connectivity index (χ1n) is 7.94. The number of halogens is 4. The minimum absolute atomic E-state index is 0.0317. The number of fused-ring (bicyclic) bond motifs is 1. The number of amides is 2. The smallest absolute Gasteiger partial charge is 0.417 e. The van der Waals surface area contributed by atoms with Gasteiger partial charge < -0.3 is 15.0 Å². The van der Waals surface area contributed by atoms with Crippen LogP contribution in [0.25, 0.3) is 0 Å². The van der Waals surface area contributed by atoms with Gasteiger partial charge in [-0.25, -0.2) is 0 Å². The summed E-state index contributed by atoms with van der Waals surface area (Å²) in [5, 5.41) is 2.43. The second-order valence-electron chi connectivity index (χ2n) is 5.79. The molecule has 1 aliphatic heterocycles. The normalized spacial score (nSPS) is 13.8. The van der Waals surface area contributed by atoms with Crippen molar-refractivity contribution in [2.24, 2.45) is 0 Å². The number of hydrogen-bond acceptors (Lipinski definition) is 3. The van der Waals surface area contributed by atoms with Gasteiger partial charge in [0, 0.05) is 23.1 Å². The standard InChI is InChI=1S/C18H14BrF3N2O3/c19-13-6-5-11(9-12(13)18(20,21)22)23-16(25)7-8-24-14-3-1-2-4-15(14)27-10-17(24)26/h1-6,9H,7-8,10H2,(H,23,25).